The third-order valence-corrected chi connectivity index (χ3v) is 2.62. The molecule has 1 aliphatic rings. The van der Waals surface area contributed by atoms with Crippen LogP contribution in [-0.2, 0) is 4.74 Å². The molecule has 1 aromatic rings. The molecule has 1 aliphatic heterocycles. The van der Waals surface area contributed by atoms with E-state index in [1.807, 2.05) is 14.1 Å². The highest BCUT2D eigenvalue weighted by atomic mass is 16.6. The molecule has 94 valence electrons. The van der Waals surface area contributed by atoms with Crippen LogP contribution in [-0.4, -0.2) is 51.2 Å². The van der Waals surface area contributed by atoms with E-state index in [0.29, 0.717) is 6.42 Å². The number of aromatic amines is 1. The number of nitrogens with zero attached hydrogens (tertiary/aromatic N) is 3. The Hall–Kier alpha value is -1.51. The Balaban J connectivity index is 2.29. The average Bonchev–Trinajstić information content (AvgIpc) is 2.61. The van der Waals surface area contributed by atoms with Crippen molar-refractivity contribution < 1.29 is 9.84 Å². The molecular weight excluding hydrogens is 228 g/mol. The van der Waals surface area contributed by atoms with Crippen molar-refractivity contribution in [2.75, 3.05) is 14.1 Å². The van der Waals surface area contributed by atoms with Gasteiger partial charge in [0.1, 0.15) is 18.5 Å². The van der Waals surface area contributed by atoms with Crippen LogP contribution in [0.3, 0.4) is 0 Å². The van der Waals surface area contributed by atoms with Crippen LogP contribution in [0, 0.1) is 0 Å². The van der Waals surface area contributed by atoms with Crippen LogP contribution in [0.15, 0.2) is 15.8 Å². The summed E-state index contributed by atoms with van der Waals surface area (Å²) >= 11 is 0. The molecule has 3 atom stereocenters. The summed E-state index contributed by atoms with van der Waals surface area (Å²) in [7, 11) is 3.62. The fourth-order valence-electron chi connectivity index (χ4n) is 1.73. The molecule has 0 radical (unpaired) electrons. The number of H-pyrrole nitrogens is 1. The topological polar surface area (TPSA) is 100 Å². The molecule has 17 heavy (non-hydrogen) atoms. The molecule has 0 aliphatic carbocycles. The predicted octanol–water partition coefficient (Wildman–Crippen LogP) is -1.90. The number of nitrogens with one attached hydrogen (secondary N) is 1. The van der Waals surface area contributed by atoms with Crippen LogP contribution in [0.25, 0.3) is 0 Å². The lowest BCUT2D eigenvalue weighted by molar-refractivity contribution is -0.0870. The lowest BCUT2D eigenvalue weighted by Crippen LogP contribution is -2.37. The van der Waals surface area contributed by atoms with Crippen LogP contribution in [0.5, 0.6) is 0 Å². The van der Waals surface area contributed by atoms with Crippen molar-refractivity contribution >= 4 is 0 Å². The third kappa shape index (κ3) is 2.28. The van der Waals surface area contributed by atoms with Crippen LogP contribution in [0.2, 0.25) is 0 Å². The Kier molecular flexibility index (Phi) is 3.09. The fourth-order valence-corrected chi connectivity index (χ4v) is 1.73. The van der Waals surface area contributed by atoms with Gasteiger partial charge < -0.3 is 9.84 Å². The van der Waals surface area contributed by atoms with Gasteiger partial charge in [0.2, 0.25) is 0 Å². The van der Waals surface area contributed by atoms with Gasteiger partial charge in [-0.25, -0.2) is 4.79 Å². The summed E-state index contributed by atoms with van der Waals surface area (Å²) in [6, 6.07) is 0. The summed E-state index contributed by atoms with van der Waals surface area (Å²) in [5.41, 5.74) is -1.27. The van der Waals surface area contributed by atoms with Crippen molar-refractivity contribution in [3.63, 3.8) is 0 Å². The second kappa shape index (κ2) is 4.40. The van der Waals surface area contributed by atoms with E-state index in [1.54, 1.807) is 4.90 Å². The van der Waals surface area contributed by atoms with Crippen LogP contribution in [0.4, 0.5) is 0 Å². The van der Waals surface area contributed by atoms with Gasteiger partial charge in [0.15, 0.2) is 6.23 Å². The van der Waals surface area contributed by atoms with Gasteiger partial charge in [0.05, 0.1) is 0 Å². The summed E-state index contributed by atoms with van der Waals surface area (Å²) in [4.78, 5) is 26.2. The maximum Gasteiger partial charge on any atom is 0.347 e. The Labute approximate surface area is 96.4 Å². The monoisotopic (exact) mass is 242 g/mol. The van der Waals surface area contributed by atoms with Gasteiger partial charge in [-0.2, -0.15) is 9.78 Å². The number of hydrogen-bond acceptors (Lipinski definition) is 6. The van der Waals surface area contributed by atoms with E-state index >= 15 is 0 Å². The normalized spacial score (nSPS) is 28.8. The van der Waals surface area contributed by atoms with Gasteiger partial charge in [-0.05, 0) is 14.1 Å². The average molecular weight is 242 g/mol. The highest BCUT2D eigenvalue weighted by Gasteiger charge is 2.37. The first-order valence-electron chi connectivity index (χ1n) is 5.17. The zero-order valence-electron chi connectivity index (χ0n) is 9.53. The number of aliphatic hydroxyl groups is 1. The first-order chi connectivity index (χ1) is 7.99. The van der Waals surface area contributed by atoms with E-state index < -0.39 is 23.6 Å². The molecular formula is C9H14N4O4. The Morgan fingerprint density at radius 2 is 2.29 bits per heavy atom. The fraction of sp³-hybridized carbons (Fsp3) is 0.667. The van der Waals surface area contributed by atoms with E-state index in [9.17, 15) is 14.7 Å². The summed E-state index contributed by atoms with van der Waals surface area (Å²) in [6.07, 6.45) is -0.633. The molecule has 1 fully saturated rings. The number of hydrogen-bond donors (Lipinski definition) is 2. The lowest BCUT2D eigenvalue weighted by atomic mass is 10.2. The molecule has 0 bridgehead atoms. The molecule has 0 aromatic carbocycles. The van der Waals surface area contributed by atoms with Crippen LogP contribution < -0.4 is 11.2 Å². The second-order valence-corrected chi connectivity index (χ2v) is 4.13. The summed E-state index contributed by atoms with van der Waals surface area (Å²) in [5.74, 6) is 0. The van der Waals surface area contributed by atoms with Crippen molar-refractivity contribution in [3.05, 3.63) is 27.0 Å². The molecule has 0 spiro atoms. The zero-order chi connectivity index (χ0) is 12.6. The predicted molar refractivity (Wildman–Crippen MR) is 57.3 cm³/mol. The Bertz CT molecular complexity index is 508. The van der Waals surface area contributed by atoms with Gasteiger partial charge >= 0.3 is 5.69 Å². The minimum absolute atomic E-state index is 0.282. The molecule has 2 rings (SSSR count). The van der Waals surface area contributed by atoms with Gasteiger partial charge in [0, 0.05) is 6.42 Å². The third-order valence-electron chi connectivity index (χ3n) is 2.62. The molecule has 0 saturated carbocycles. The van der Waals surface area contributed by atoms with E-state index in [1.165, 1.54) is 0 Å². The van der Waals surface area contributed by atoms with Crippen LogP contribution >= 0.6 is 0 Å². The van der Waals surface area contributed by atoms with Gasteiger partial charge in [0.25, 0.3) is 5.56 Å². The SMILES string of the molecule is CN(C)C1CC(O)C(n2ncc(=O)[nH]c2=O)O1. The minimum Gasteiger partial charge on any atom is -0.388 e. The maximum absolute atomic E-state index is 11.5. The second-order valence-electron chi connectivity index (χ2n) is 4.13. The zero-order valence-corrected chi connectivity index (χ0v) is 9.53. The van der Waals surface area contributed by atoms with E-state index in [-0.39, 0.29) is 6.23 Å². The lowest BCUT2D eigenvalue weighted by Gasteiger charge is -2.19. The van der Waals surface area contributed by atoms with Crippen molar-refractivity contribution in [1.82, 2.24) is 19.7 Å². The number of aromatic nitrogens is 3. The smallest absolute Gasteiger partial charge is 0.347 e. The van der Waals surface area contributed by atoms with Crippen molar-refractivity contribution in [1.29, 1.82) is 0 Å². The number of aliphatic hydroxyl groups excluding tert-OH is 1. The summed E-state index contributed by atoms with van der Waals surface area (Å²) in [6.45, 7) is 0. The molecule has 1 saturated heterocycles. The van der Waals surface area contributed by atoms with Crippen molar-refractivity contribution in [2.45, 2.75) is 25.0 Å². The molecule has 0 amide bonds. The Morgan fingerprint density at radius 1 is 1.59 bits per heavy atom. The first kappa shape index (κ1) is 12.0. The van der Waals surface area contributed by atoms with Crippen molar-refractivity contribution in [2.24, 2.45) is 0 Å². The van der Waals surface area contributed by atoms with E-state index in [0.717, 1.165) is 10.9 Å². The quantitative estimate of drug-likeness (QED) is 0.628. The van der Waals surface area contributed by atoms with Gasteiger partial charge in [-0.15, -0.1) is 0 Å². The largest absolute Gasteiger partial charge is 0.388 e. The molecule has 1 aromatic heterocycles. The van der Waals surface area contributed by atoms with Gasteiger partial charge in [-0.3, -0.25) is 14.7 Å². The van der Waals surface area contributed by atoms with E-state index in [4.69, 9.17) is 4.74 Å². The van der Waals surface area contributed by atoms with Crippen LogP contribution in [0.1, 0.15) is 12.6 Å². The number of ether oxygens (including phenoxy) is 1. The molecule has 8 nitrogen and oxygen atoms in total. The summed E-state index contributed by atoms with van der Waals surface area (Å²) in [5, 5.41) is 13.5. The molecule has 8 heteroatoms. The Morgan fingerprint density at radius 3 is 2.82 bits per heavy atom. The maximum atomic E-state index is 11.5. The number of rotatable bonds is 2. The molecule has 2 heterocycles. The standard InChI is InChI=1S/C9H14N4O4/c1-12(2)7-3-5(14)8(17-7)13-9(16)11-6(15)4-10-13/h4-5,7-8,14H,3H2,1-2H3,(H,11,15,16). The van der Waals surface area contributed by atoms with Crippen molar-refractivity contribution in [3.8, 4) is 0 Å². The highest BCUT2D eigenvalue weighted by molar-refractivity contribution is 4.80. The highest BCUT2D eigenvalue weighted by Crippen LogP contribution is 2.27. The molecule has 3 unspecified atom stereocenters. The first-order valence-corrected chi connectivity index (χ1v) is 5.17. The summed E-state index contributed by atoms with van der Waals surface area (Å²) < 4.78 is 6.44. The minimum atomic E-state index is -0.869. The molecule has 2 N–H and O–H groups in total. The van der Waals surface area contributed by atoms with Gasteiger partial charge in [-0.1, -0.05) is 0 Å². The van der Waals surface area contributed by atoms with E-state index in [2.05, 4.69) is 10.1 Å².